The summed E-state index contributed by atoms with van der Waals surface area (Å²) in [7, 11) is -1.49. The van der Waals surface area contributed by atoms with Crippen LogP contribution in [0.3, 0.4) is 0 Å². The van der Waals surface area contributed by atoms with Gasteiger partial charge in [0.25, 0.3) is 0 Å². The second-order valence-electron chi connectivity index (χ2n) is 4.14. The number of H-pyrrole nitrogens is 1. The molecule has 0 saturated heterocycles. The molecule has 0 spiro atoms. The number of rotatable bonds is 6. The highest BCUT2D eigenvalue weighted by molar-refractivity contribution is 6.40. The molecule has 0 aliphatic rings. The van der Waals surface area contributed by atoms with E-state index in [0.29, 0.717) is 11.4 Å². The third kappa shape index (κ3) is 4.12. The van der Waals surface area contributed by atoms with Crippen LogP contribution in [0.15, 0.2) is 48.7 Å². The van der Waals surface area contributed by atoms with Gasteiger partial charge in [0.2, 0.25) is 5.78 Å². The van der Waals surface area contributed by atoms with Crippen LogP contribution in [0.5, 0.6) is 5.75 Å². The molecule has 3 N–H and O–H groups in total. The van der Waals surface area contributed by atoms with Gasteiger partial charge in [-0.25, -0.2) is 0 Å². The van der Waals surface area contributed by atoms with Crippen molar-refractivity contribution >= 4 is 19.0 Å². The molecule has 2 aromatic rings. The highest BCUT2D eigenvalue weighted by Crippen LogP contribution is 2.13. The Bertz CT molecular complexity index is 576. The number of nitrogens with one attached hydrogen (secondary N) is 1. The van der Waals surface area contributed by atoms with E-state index in [-0.39, 0.29) is 12.3 Å². The molecule has 0 fully saturated rings. The van der Waals surface area contributed by atoms with Crippen LogP contribution in [-0.4, -0.2) is 34.4 Å². The second-order valence-corrected chi connectivity index (χ2v) is 4.14. The molecule has 20 heavy (non-hydrogen) atoms. The number of benzene rings is 1. The Morgan fingerprint density at radius 1 is 1.25 bits per heavy atom. The average molecular weight is 271 g/mol. The van der Waals surface area contributed by atoms with Crippen LogP contribution in [0.2, 0.25) is 0 Å². The van der Waals surface area contributed by atoms with Crippen LogP contribution >= 0.6 is 0 Å². The summed E-state index contributed by atoms with van der Waals surface area (Å²) in [5.41, 5.74) is 1.39. The lowest BCUT2D eigenvalue weighted by Gasteiger charge is -2.04. The predicted molar refractivity (Wildman–Crippen MR) is 76.3 cm³/mol. The Kier molecular flexibility index (Phi) is 4.76. The molecule has 5 nitrogen and oxygen atoms in total. The lowest BCUT2D eigenvalue weighted by atomic mass is 9.95. The lowest BCUT2D eigenvalue weighted by Crippen LogP contribution is -2.22. The van der Waals surface area contributed by atoms with E-state index in [1.54, 1.807) is 48.7 Å². The summed E-state index contributed by atoms with van der Waals surface area (Å²) in [4.78, 5) is 14.6. The number of carbonyl (C=O) groups is 1. The van der Waals surface area contributed by atoms with E-state index in [4.69, 9.17) is 14.8 Å². The quantitative estimate of drug-likeness (QED) is 0.420. The van der Waals surface area contributed by atoms with E-state index in [9.17, 15) is 4.79 Å². The fourth-order valence-electron chi connectivity index (χ4n) is 1.59. The standard InChI is InChI=1S/C14H14BNO4/c17-14(13-2-1-9-16-13)8-5-11-3-6-12(7-4-11)20-10-15(18)19/h1-9,16,18-19H,10H2. The van der Waals surface area contributed by atoms with E-state index < -0.39 is 7.12 Å². The second kappa shape index (κ2) is 6.74. The summed E-state index contributed by atoms with van der Waals surface area (Å²) in [6.45, 7) is -0.180. The molecule has 1 aromatic heterocycles. The Labute approximate surface area is 116 Å². The number of hydrogen-bond donors (Lipinski definition) is 3. The minimum absolute atomic E-state index is 0.0984. The Balaban J connectivity index is 1.95. The molecule has 0 saturated carbocycles. The number of allylic oxidation sites excluding steroid dienone is 1. The Morgan fingerprint density at radius 2 is 2.00 bits per heavy atom. The summed E-state index contributed by atoms with van der Waals surface area (Å²) in [5, 5.41) is 17.4. The smallest absolute Gasteiger partial charge is 0.491 e. The number of hydrogen-bond acceptors (Lipinski definition) is 4. The topological polar surface area (TPSA) is 82.6 Å². The summed E-state index contributed by atoms with van der Waals surface area (Å²) < 4.78 is 5.11. The lowest BCUT2D eigenvalue weighted by molar-refractivity contribution is 0.104. The first-order valence-electron chi connectivity index (χ1n) is 6.10. The number of aromatic nitrogens is 1. The van der Waals surface area contributed by atoms with Crippen LogP contribution in [0.25, 0.3) is 6.08 Å². The molecule has 1 aromatic carbocycles. The SMILES string of the molecule is O=C(C=Cc1ccc(OCB(O)O)cc1)c1ccc[nH]1. The van der Waals surface area contributed by atoms with Gasteiger partial charge in [-0.1, -0.05) is 18.2 Å². The zero-order valence-electron chi connectivity index (χ0n) is 10.7. The molecule has 0 atom stereocenters. The third-order valence-corrected chi connectivity index (χ3v) is 2.57. The molecule has 6 heteroatoms. The molecule has 0 bridgehead atoms. The number of aromatic amines is 1. The van der Waals surface area contributed by atoms with E-state index in [0.717, 1.165) is 5.56 Å². The Morgan fingerprint density at radius 3 is 2.60 bits per heavy atom. The molecule has 0 aliphatic carbocycles. The number of carbonyl (C=O) groups excluding carboxylic acids is 1. The van der Waals surface area contributed by atoms with Gasteiger partial charge in [0.15, 0.2) is 0 Å². The van der Waals surface area contributed by atoms with Gasteiger partial charge in [-0.2, -0.15) is 0 Å². The van der Waals surface area contributed by atoms with E-state index >= 15 is 0 Å². The first kappa shape index (κ1) is 14.1. The Hall–Kier alpha value is -2.31. The summed E-state index contributed by atoms with van der Waals surface area (Å²) in [6, 6.07) is 10.4. The number of ether oxygens (including phenoxy) is 1. The van der Waals surface area contributed by atoms with Gasteiger partial charge < -0.3 is 19.8 Å². The molecule has 0 unspecified atom stereocenters. The largest absolute Gasteiger partial charge is 0.496 e. The zero-order valence-corrected chi connectivity index (χ0v) is 10.7. The van der Waals surface area contributed by atoms with Crippen molar-refractivity contribution in [2.24, 2.45) is 0 Å². The maximum atomic E-state index is 11.7. The number of ketones is 1. The third-order valence-electron chi connectivity index (χ3n) is 2.57. The summed E-state index contributed by atoms with van der Waals surface area (Å²) >= 11 is 0. The molecule has 0 aliphatic heterocycles. The molecule has 102 valence electrons. The minimum atomic E-state index is -1.49. The van der Waals surface area contributed by atoms with Gasteiger partial charge in [-0.15, -0.1) is 0 Å². The van der Waals surface area contributed by atoms with Gasteiger partial charge in [-0.05, 0) is 35.9 Å². The van der Waals surface area contributed by atoms with E-state index in [2.05, 4.69) is 4.98 Å². The maximum absolute atomic E-state index is 11.7. The van der Waals surface area contributed by atoms with Gasteiger partial charge in [-0.3, -0.25) is 4.79 Å². The van der Waals surface area contributed by atoms with Gasteiger partial charge in [0, 0.05) is 6.20 Å². The van der Waals surface area contributed by atoms with Crippen molar-refractivity contribution in [3.8, 4) is 5.75 Å². The van der Waals surface area contributed by atoms with E-state index in [1.807, 2.05) is 0 Å². The molecule has 1 heterocycles. The predicted octanol–water partition coefficient (Wildman–Crippen LogP) is 1.30. The van der Waals surface area contributed by atoms with Crippen molar-refractivity contribution < 1.29 is 19.6 Å². The van der Waals surface area contributed by atoms with Crippen LogP contribution in [-0.2, 0) is 0 Å². The monoisotopic (exact) mass is 271 g/mol. The van der Waals surface area contributed by atoms with Crippen molar-refractivity contribution in [1.29, 1.82) is 0 Å². The first-order chi connectivity index (χ1) is 9.65. The fourth-order valence-corrected chi connectivity index (χ4v) is 1.59. The van der Waals surface area contributed by atoms with Gasteiger partial charge >= 0.3 is 7.12 Å². The van der Waals surface area contributed by atoms with E-state index in [1.165, 1.54) is 6.08 Å². The van der Waals surface area contributed by atoms with Crippen molar-refractivity contribution in [3.63, 3.8) is 0 Å². The van der Waals surface area contributed by atoms with Crippen molar-refractivity contribution in [3.05, 3.63) is 59.9 Å². The molecular formula is C14H14BNO4. The van der Waals surface area contributed by atoms with Crippen LogP contribution in [0.1, 0.15) is 16.1 Å². The van der Waals surface area contributed by atoms with Crippen molar-refractivity contribution in [1.82, 2.24) is 4.98 Å². The average Bonchev–Trinajstić information content (AvgIpc) is 2.98. The highest BCUT2D eigenvalue weighted by Gasteiger charge is 2.07. The summed E-state index contributed by atoms with van der Waals surface area (Å²) in [5.74, 6) is 0.435. The van der Waals surface area contributed by atoms with Crippen LogP contribution in [0, 0.1) is 0 Å². The molecule has 0 radical (unpaired) electrons. The zero-order chi connectivity index (χ0) is 14.4. The van der Waals surface area contributed by atoms with Gasteiger partial charge in [0.05, 0.1) is 5.69 Å². The molecule has 0 amide bonds. The van der Waals surface area contributed by atoms with Crippen LogP contribution in [0.4, 0.5) is 0 Å². The van der Waals surface area contributed by atoms with Crippen molar-refractivity contribution in [2.75, 3.05) is 6.51 Å². The first-order valence-corrected chi connectivity index (χ1v) is 6.10. The fraction of sp³-hybridized carbons (Fsp3) is 0.0714. The minimum Gasteiger partial charge on any atom is -0.496 e. The van der Waals surface area contributed by atoms with Gasteiger partial charge in [0.1, 0.15) is 12.3 Å². The maximum Gasteiger partial charge on any atom is 0.491 e. The highest BCUT2D eigenvalue weighted by atomic mass is 16.5. The van der Waals surface area contributed by atoms with Crippen LogP contribution < -0.4 is 4.74 Å². The van der Waals surface area contributed by atoms with Crippen molar-refractivity contribution in [2.45, 2.75) is 0 Å². The molecular weight excluding hydrogens is 257 g/mol. The normalized spacial score (nSPS) is 10.7. The summed E-state index contributed by atoms with van der Waals surface area (Å²) in [6.07, 6.45) is 4.88. The molecule has 2 rings (SSSR count).